The maximum Gasteiger partial charge on any atom is 0.246 e. The monoisotopic (exact) mass is 386 g/mol. The van der Waals surface area contributed by atoms with Crippen molar-refractivity contribution in [1.29, 1.82) is 0 Å². The minimum Gasteiger partial charge on any atom is -0.314 e. The molecule has 8 heteroatoms. The van der Waals surface area contributed by atoms with Gasteiger partial charge in [-0.2, -0.15) is 4.31 Å². The summed E-state index contributed by atoms with van der Waals surface area (Å²) in [5.74, 6) is 0. The summed E-state index contributed by atoms with van der Waals surface area (Å²) in [7, 11) is -3.68. The molecule has 0 aromatic heterocycles. The molecule has 1 atom stereocenters. The summed E-state index contributed by atoms with van der Waals surface area (Å²) in [6.07, 6.45) is 0. The molecule has 1 aliphatic heterocycles. The van der Waals surface area contributed by atoms with Gasteiger partial charge in [0, 0.05) is 30.1 Å². The van der Waals surface area contributed by atoms with E-state index in [9.17, 15) is 8.42 Å². The number of halogens is 3. The molecular formula is C11H13BrCl2N2O2S. The second kappa shape index (κ2) is 5.87. The Hall–Kier alpha value is 0.150. The van der Waals surface area contributed by atoms with Crippen molar-refractivity contribution in [1.82, 2.24) is 9.62 Å². The smallest absolute Gasteiger partial charge is 0.246 e. The van der Waals surface area contributed by atoms with Crippen molar-refractivity contribution in [3.05, 3.63) is 26.7 Å². The summed E-state index contributed by atoms with van der Waals surface area (Å²) in [6, 6.07) is 2.94. The lowest BCUT2D eigenvalue weighted by molar-refractivity contribution is 0.284. The average Bonchev–Trinajstić information content (AvgIpc) is 2.27. The van der Waals surface area contributed by atoms with Gasteiger partial charge in [0.2, 0.25) is 10.0 Å². The molecule has 0 spiro atoms. The number of rotatable bonds is 2. The second-order valence-electron chi connectivity index (χ2n) is 4.37. The van der Waals surface area contributed by atoms with Crippen molar-refractivity contribution >= 4 is 49.2 Å². The van der Waals surface area contributed by atoms with E-state index in [-0.39, 0.29) is 21.0 Å². The van der Waals surface area contributed by atoms with Gasteiger partial charge in [-0.25, -0.2) is 8.42 Å². The Morgan fingerprint density at radius 1 is 1.37 bits per heavy atom. The summed E-state index contributed by atoms with van der Waals surface area (Å²) < 4.78 is 27.4. The molecule has 19 heavy (non-hydrogen) atoms. The van der Waals surface area contributed by atoms with Crippen molar-refractivity contribution < 1.29 is 8.42 Å². The molecule has 0 radical (unpaired) electrons. The molecule has 0 amide bonds. The van der Waals surface area contributed by atoms with Crippen LogP contribution in [0.2, 0.25) is 10.0 Å². The van der Waals surface area contributed by atoms with Gasteiger partial charge in [0.1, 0.15) is 4.90 Å². The molecule has 1 saturated heterocycles. The first-order valence-electron chi connectivity index (χ1n) is 5.71. The molecular weight excluding hydrogens is 375 g/mol. The number of piperazine rings is 1. The maximum absolute atomic E-state index is 12.7. The van der Waals surface area contributed by atoms with Gasteiger partial charge in [0.05, 0.1) is 10.0 Å². The third-order valence-corrected chi connectivity index (χ3v) is 6.36. The lowest BCUT2D eigenvalue weighted by Crippen LogP contribution is -2.52. The Morgan fingerprint density at radius 3 is 2.47 bits per heavy atom. The van der Waals surface area contributed by atoms with E-state index in [2.05, 4.69) is 21.2 Å². The van der Waals surface area contributed by atoms with Crippen LogP contribution in [0.3, 0.4) is 0 Å². The first-order chi connectivity index (χ1) is 8.84. The van der Waals surface area contributed by atoms with E-state index >= 15 is 0 Å². The normalized spacial score (nSPS) is 21.6. The van der Waals surface area contributed by atoms with Gasteiger partial charge in [0.15, 0.2) is 0 Å². The zero-order valence-corrected chi connectivity index (χ0v) is 14.1. The van der Waals surface area contributed by atoms with Crippen LogP contribution in [0.4, 0.5) is 0 Å². The molecule has 1 fully saturated rings. The molecule has 4 nitrogen and oxygen atoms in total. The minimum atomic E-state index is -3.68. The van der Waals surface area contributed by atoms with Gasteiger partial charge < -0.3 is 5.32 Å². The van der Waals surface area contributed by atoms with Crippen molar-refractivity contribution in [3.8, 4) is 0 Å². The van der Waals surface area contributed by atoms with Crippen LogP contribution in [-0.4, -0.2) is 38.4 Å². The molecule has 1 heterocycles. The molecule has 0 bridgehead atoms. The van der Waals surface area contributed by atoms with Crippen LogP contribution >= 0.6 is 39.1 Å². The van der Waals surface area contributed by atoms with Crippen molar-refractivity contribution in [2.75, 3.05) is 19.6 Å². The van der Waals surface area contributed by atoms with Gasteiger partial charge in [-0.1, -0.05) is 39.1 Å². The number of sulfonamides is 1. The number of hydrogen-bond acceptors (Lipinski definition) is 3. The summed E-state index contributed by atoms with van der Waals surface area (Å²) in [6.45, 7) is 3.50. The maximum atomic E-state index is 12.7. The van der Waals surface area contributed by atoms with E-state index in [4.69, 9.17) is 23.2 Å². The van der Waals surface area contributed by atoms with E-state index in [0.717, 1.165) is 0 Å². The number of benzene rings is 1. The Balaban J connectivity index is 2.50. The predicted molar refractivity (Wildman–Crippen MR) is 80.4 cm³/mol. The largest absolute Gasteiger partial charge is 0.314 e. The van der Waals surface area contributed by atoms with Gasteiger partial charge in [-0.05, 0) is 19.1 Å². The first-order valence-corrected chi connectivity index (χ1v) is 8.70. The van der Waals surface area contributed by atoms with Crippen LogP contribution in [0.15, 0.2) is 21.5 Å². The summed E-state index contributed by atoms with van der Waals surface area (Å²) in [5, 5.41) is 3.41. The lowest BCUT2D eigenvalue weighted by atomic mass is 10.3. The fraction of sp³-hybridized carbons (Fsp3) is 0.455. The predicted octanol–water partition coefficient (Wildman–Crippen LogP) is 2.74. The van der Waals surface area contributed by atoms with Crippen molar-refractivity contribution in [2.24, 2.45) is 0 Å². The molecule has 0 saturated carbocycles. The highest BCUT2D eigenvalue weighted by Gasteiger charge is 2.34. The highest BCUT2D eigenvalue weighted by molar-refractivity contribution is 9.10. The molecule has 1 N–H and O–H groups in total. The van der Waals surface area contributed by atoms with Gasteiger partial charge in [-0.15, -0.1) is 0 Å². The third kappa shape index (κ3) is 3.09. The summed E-state index contributed by atoms with van der Waals surface area (Å²) in [5.41, 5.74) is 0. The standard InChI is InChI=1S/C11H13BrCl2N2O2S/c1-7-6-15-2-3-16(7)19(17,18)11-9(13)4-8(12)5-10(11)14/h4-5,7,15H,2-3,6H2,1H3/t7-/m0/s1. The average molecular weight is 388 g/mol. The highest BCUT2D eigenvalue weighted by Crippen LogP contribution is 2.35. The van der Waals surface area contributed by atoms with E-state index < -0.39 is 10.0 Å². The zero-order valence-electron chi connectivity index (χ0n) is 10.2. The third-order valence-electron chi connectivity index (χ3n) is 2.97. The van der Waals surface area contributed by atoms with Gasteiger partial charge >= 0.3 is 0 Å². The molecule has 1 aromatic rings. The molecule has 1 aromatic carbocycles. The highest BCUT2D eigenvalue weighted by atomic mass is 79.9. The molecule has 1 aliphatic rings. The van der Waals surface area contributed by atoms with Crippen LogP contribution < -0.4 is 5.32 Å². The van der Waals surface area contributed by atoms with E-state index in [1.54, 1.807) is 0 Å². The van der Waals surface area contributed by atoms with Crippen LogP contribution in [0.25, 0.3) is 0 Å². The Bertz CT molecular complexity index is 571. The Labute approximate surface area is 131 Å². The Kier molecular flexibility index (Phi) is 4.80. The molecule has 0 aliphatic carbocycles. The molecule has 106 valence electrons. The zero-order chi connectivity index (χ0) is 14.2. The van der Waals surface area contributed by atoms with Crippen LogP contribution in [0, 0.1) is 0 Å². The SMILES string of the molecule is C[C@H]1CNCCN1S(=O)(=O)c1c(Cl)cc(Br)cc1Cl. The topological polar surface area (TPSA) is 49.4 Å². The number of hydrogen-bond donors (Lipinski definition) is 1. The lowest BCUT2D eigenvalue weighted by Gasteiger charge is -2.33. The van der Waals surface area contributed by atoms with Gasteiger partial charge in [-0.3, -0.25) is 0 Å². The van der Waals surface area contributed by atoms with E-state index in [1.165, 1.54) is 16.4 Å². The summed E-state index contributed by atoms with van der Waals surface area (Å²) >= 11 is 15.3. The quantitative estimate of drug-likeness (QED) is 0.848. The van der Waals surface area contributed by atoms with E-state index in [1.807, 2.05) is 6.92 Å². The molecule has 0 unspecified atom stereocenters. The minimum absolute atomic E-state index is 0.0206. The number of nitrogens with one attached hydrogen (secondary N) is 1. The first kappa shape index (κ1) is 15.5. The Morgan fingerprint density at radius 2 is 1.95 bits per heavy atom. The fourth-order valence-electron chi connectivity index (χ4n) is 2.07. The molecule has 2 rings (SSSR count). The second-order valence-corrected chi connectivity index (χ2v) is 7.92. The van der Waals surface area contributed by atoms with Gasteiger partial charge in [0.25, 0.3) is 0 Å². The van der Waals surface area contributed by atoms with Crippen LogP contribution in [0.1, 0.15) is 6.92 Å². The van der Waals surface area contributed by atoms with Crippen LogP contribution in [0.5, 0.6) is 0 Å². The number of nitrogens with zero attached hydrogens (tertiary/aromatic N) is 1. The van der Waals surface area contributed by atoms with E-state index in [0.29, 0.717) is 24.1 Å². The fourth-order valence-corrected chi connectivity index (χ4v) is 5.59. The van der Waals surface area contributed by atoms with Crippen molar-refractivity contribution in [3.63, 3.8) is 0 Å². The van der Waals surface area contributed by atoms with Crippen molar-refractivity contribution in [2.45, 2.75) is 17.9 Å². The van der Waals surface area contributed by atoms with Crippen LogP contribution in [-0.2, 0) is 10.0 Å². The summed E-state index contributed by atoms with van der Waals surface area (Å²) in [4.78, 5) is -0.0206.